The van der Waals surface area contributed by atoms with E-state index in [2.05, 4.69) is 37.0 Å². The summed E-state index contributed by atoms with van der Waals surface area (Å²) < 4.78 is 4.00. The molecule has 0 atom stereocenters. The van der Waals surface area contributed by atoms with E-state index in [0.717, 1.165) is 30.9 Å². The van der Waals surface area contributed by atoms with Crippen LogP contribution in [0.3, 0.4) is 0 Å². The summed E-state index contributed by atoms with van der Waals surface area (Å²) in [6.07, 6.45) is 0. The van der Waals surface area contributed by atoms with Gasteiger partial charge in [0.25, 0.3) is 0 Å². The lowest BCUT2D eigenvalue weighted by molar-refractivity contribution is 0.659. The zero-order valence-electron chi connectivity index (χ0n) is 9.47. The molecule has 2 nitrogen and oxygen atoms in total. The summed E-state index contributed by atoms with van der Waals surface area (Å²) in [4.78, 5) is 0. The first-order valence-corrected chi connectivity index (χ1v) is 7.09. The second kappa shape index (κ2) is 5.12. The molecule has 0 fully saturated rings. The lowest BCUT2D eigenvalue weighted by Gasteiger charge is -2.07. The van der Waals surface area contributed by atoms with Gasteiger partial charge in [-0.2, -0.15) is 5.10 Å². The molecule has 2 aromatic rings. The summed E-state index contributed by atoms with van der Waals surface area (Å²) in [5, 5.41) is 5.22. The van der Waals surface area contributed by atoms with Crippen molar-refractivity contribution in [1.82, 2.24) is 9.78 Å². The molecule has 0 spiro atoms. The van der Waals surface area contributed by atoms with Crippen LogP contribution in [0.4, 0.5) is 0 Å². The molecule has 0 aliphatic carbocycles. The van der Waals surface area contributed by atoms with Gasteiger partial charge in [0.2, 0.25) is 0 Å². The van der Waals surface area contributed by atoms with Crippen molar-refractivity contribution in [3.8, 4) is 0 Å². The summed E-state index contributed by atoms with van der Waals surface area (Å²) in [5.41, 5.74) is 3.17. The molecular weight excluding hydrogens is 367 g/mol. The van der Waals surface area contributed by atoms with Crippen molar-refractivity contribution in [2.45, 2.75) is 20.4 Å². The number of nitrogens with zero attached hydrogens (tertiary/aromatic N) is 2. The van der Waals surface area contributed by atoms with Crippen molar-refractivity contribution in [3.05, 3.63) is 49.1 Å². The fourth-order valence-corrected chi connectivity index (χ4v) is 2.66. The zero-order valence-corrected chi connectivity index (χ0v) is 13.4. The second-order valence-electron chi connectivity index (χ2n) is 3.88. The Kier molecular flexibility index (Phi) is 3.95. The Balaban J connectivity index is 2.34. The number of aryl methyl sites for hydroxylation is 1. The quantitative estimate of drug-likeness (QED) is 0.739. The Labute approximate surface area is 122 Å². The highest BCUT2D eigenvalue weighted by Crippen LogP contribution is 2.25. The molecule has 17 heavy (non-hydrogen) atoms. The van der Waals surface area contributed by atoms with Crippen LogP contribution >= 0.6 is 43.5 Å². The summed E-state index contributed by atoms with van der Waals surface area (Å²) in [6.45, 7) is 4.71. The Hall–Kier alpha value is -0.320. The lowest BCUT2D eigenvalue weighted by atomic mass is 10.2. The minimum atomic E-state index is 0.685. The van der Waals surface area contributed by atoms with Crippen molar-refractivity contribution in [3.63, 3.8) is 0 Å². The van der Waals surface area contributed by atoms with E-state index in [4.69, 9.17) is 11.6 Å². The van der Waals surface area contributed by atoms with Gasteiger partial charge >= 0.3 is 0 Å². The van der Waals surface area contributed by atoms with Crippen molar-refractivity contribution in [2.24, 2.45) is 0 Å². The van der Waals surface area contributed by atoms with Gasteiger partial charge in [0.15, 0.2) is 0 Å². The molecule has 0 saturated heterocycles. The molecule has 1 aromatic carbocycles. The normalized spacial score (nSPS) is 10.9. The van der Waals surface area contributed by atoms with Crippen LogP contribution in [-0.2, 0) is 6.54 Å². The number of hydrogen-bond donors (Lipinski definition) is 0. The molecular formula is C12H11Br2ClN2. The molecule has 0 unspecified atom stereocenters. The molecule has 1 aromatic heterocycles. The van der Waals surface area contributed by atoms with Gasteiger partial charge in [-0.1, -0.05) is 33.6 Å². The standard InChI is InChI=1S/C12H11Br2ClN2/c1-7-12(14)8(2)17(16-7)6-9-3-4-10(13)5-11(9)15/h3-5H,6H2,1-2H3. The van der Waals surface area contributed by atoms with Crippen LogP contribution in [0.1, 0.15) is 17.0 Å². The van der Waals surface area contributed by atoms with Gasteiger partial charge < -0.3 is 0 Å². The molecule has 5 heteroatoms. The van der Waals surface area contributed by atoms with Crippen LogP contribution in [0.25, 0.3) is 0 Å². The molecule has 0 N–H and O–H groups in total. The number of hydrogen-bond acceptors (Lipinski definition) is 1. The third-order valence-corrected chi connectivity index (χ3v) is 4.62. The molecule has 0 aliphatic rings. The van der Waals surface area contributed by atoms with Crippen molar-refractivity contribution in [2.75, 3.05) is 0 Å². The zero-order chi connectivity index (χ0) is 12.6. The summed E-state index contributed by atoms with van der Waals surface area (Å²) in [6, 6.07) is 5.90. The average Bonchev–Trinajstić information content (AvgIpc) is 2.50. The van der Waals surface area contributed by atoms with Gasteiger partial charge in [0, 0.05) is 9.50 Å². The summed E-state index contributed by atoms with van der Waals surface area (Å²) >= 11 is 13.1. The molecule has 2 rings (SSSR count). The van der Waals surface area contributed by atoms with E-state index >= 15 is 0 Å². The second-order valence-corrected chi connectivity index (χ2v) is 5.99. The van der Waals surface area contributed by atoms with Crippen molar-refractivity contribution in [1.29, 1.82) is 0 Å². The first-order valence-electron chi connectivity index (χ1n) is 5.12. The van der Waals surface area contributed by atoms with Gasteiger partial charge in [0.05, 0.1) is 22.4 Å². The molecule has 90 valence electrons. The van der Waals surface area contributed by atoms with E-state index in [1.807, 2.05) is 36.7 Å². The Morgan fingerprint density at radius 1 is 1.29 bits per heavy atom. The fraction of sp³-hybridized carbons (Fsp3) is 0.250. The van der Waals surface area contributed by atoms with Crippen LogP contribution in [0, 0.1) is 13.8 Å². The predicted octanol–water partition coefficient (Wildman–Crippen LogP) is 4.73. The van der Waals surface area contributed by atoms with E-state index in [1.165, 1.54) is 0 Å². The first-order chi connectivity index (χ1) is 7.99. The smallest absolute Gasteiger partial charge is 0.0738 e. The molecule has 0 saturated carbocycles. The maximum absolute atomic E-state index is 6.20. The first kappa shape index (κ1) is 13.1. The predicted molar refractivity (Wildman–Crippen MR) is 77.7 cm³/mol. The van der Waals surface area contributed by atoms with Gasteiger partial charge in [0.1, 0.15) is 0 Å². The van der Waals surface area contributed by atoms with E-state index < -0.39 is 0 Å². The highest BCUT2D eigenvalue weighted by molar-refractivity contribution is 9.10. The van der Waals surface area contributed by atoms with Gasteiger partial charge in [-0.15, -0.1) is 0 Å². The van der Waals surface area contributed by atoms with Crippen LogP contribution in [-0.4, -0.2) is 9.78 Å². The molecule has 0 amide bonds. The largest absolute Gasteiger partial charge is 0.264 e. The fourth-order valence-electron chi connectivity index (χ4n) is 1.64. The molecule has 0 aliphatic heterocycles. The summed E-state index contributed by atoms with van der Waals surface area (Å²) in [7, 11) is 0. The van der Waals surface area contributed by atoms with E-state index in [0.29, 0.717) is 6.54 Å². The maximum atomic E-state index is 6.20. The third-order valence-electron chi connectivity index (χ3n) is 2.63. The van der Waals surface area contributed by atoms with Crippen LogP contribution in [0.15, 0.2) is 27.1 Å². The maximum Gasteiger partial charge on any atom is 0.0738 e. The van der Waals surface area contributed by atoms with Gasteiger partial charge in [-0.25, -0.2) is 0 Å². The van der Waals surface area contributed by atoms with Crippen molar-refractivity contribution < 1.29 is 0 Å². The van der Waals surface area contributed by atoms with Crippen LogP contribution < -0.4 is 0 Å². The van der Waals surface area contributed by atoms with Crippen LogP contribution in [0.2, 0.25) is 5.02 Å². The highest BCUT2D eigenvalue weighted by atomic mass is 79.9. The monoisotopic (exact) mass is 376 g/mol. The highest BCUT2D eigenvalue weighted by Gasteiger charge is 2.10. The lowest BCUT2D eigenvalue weighted by Crippen LogP contribution is -2.04. The Morgan fingerprint density at radius 2 is 2.00 bits per heavy atom. The van der Waals surface area contributed by atoms with Crippen LogP contribution in [0.5, 0.6) is 0 Å². The van der Waals surface area contributed by atoms with Gasteiger partial charge in [-0.05, 0) is 47.5 Å². The van der Waals surface area contributed by atoms with E-state index in [9.17, 15) is 0 Å². The minimum absolute atomic E-state index is 0.685. The van der Waals surface area contributed by atoms with Gasteiger partial charge in [-0.3, -0.25) is 4.68 Å². The molecule has 0 radical (unpaired) electrons. The van der Waals surface area contributed by atoms with E-state index in [-0.39, 0.29) is 0 Å². The molecule has 1 heterocycles. The Bertz CT molecular complexity index is 564. The number of aromatic nitrogens is 2. The Morgan fingerprint density at radius 3 is 2.53 bits per heavy atom. The topological polar surface area (TPSA) is 17.8 Å². The SMILES string of the molecule is Cc1nn(Cc2ccc(Br)cc2Cl)c(C)c1Br. The average molecular weight is 378 g/mol. The third kappa shape index (κ3) is 2.75. The number of benzene rings is 1. The molecule has 0 bridgehead atoms. The minimum Gasteiger partial charge on any atom is -0.264 e. The van der Waals surface area contributed by atoms with Crippen molar-refractivity contribution >= 4 is 43.5 Å². The number of rotatable bonds is 2. The van der Waals surface area contributed by atoms with E-state index in [1.54, 1.807) is 0 Å². The summed E-state index contributed by atoms with van der Waals surface area (Å²) in [5.74, 6) is 0. The number of halogens is 3.